The number of nitrogens with zero attached hydrogens (tertiary/aromatic N) is 1. The number of aromatic nitrogens is 1. The number of carbonyl (C=O) groups excluding carboxylic acids is 1. The molecule has 94 valence electrons. The van der Waals surface area contributed by atoms with Crippen molar-refractivity contribution in [3.63, 3.8) is 0 Å². The summed E-state index contributed by atoms with van der Waals surface area (Å²) in [6.07, 6.45) is 2.82. The van der Waals surface area contributed by atoms with Gasteiger partial charge in [-0.25, -0.2) is 0 Å². The smallest absolute Gasteiger partial charge is 0.220 e. The Kier molecular flexibility index (Phi) is 3.47. The Morgan fingerprint density at radius 1 is 1.53 bits per heavy atom. The van der Waals surface area contributed by atoms with E-state index < -0.39 is 0 Å². The third-order valence-electron chi connectivity index (χ3n) is 3.47. The molecule has 5 heteroatoms. The summed E-state index contributed by atoms with van der Waals surface area (Å²) in [5, 5.41) is 6.78. The molecule has 4 nitrogen and oxygen atoms in total. The van der Waals surface area contributed by atoms with Gasteiger partial charge in [0.25, 0.3) is 0 Å². The Morgan fingerprint density at radius 3 is 2.71 bits per heavy atom. The van der Waals surface area contributed by atoms with E-state index in [9.17, 15) is 4.79 Å². The number of hydrogen-bond acceptors (Lipinski definition) is 4. The highest BCUT2D eigenvalue weighted by atomic mass is 32.1. The molecule has 1 fully saturated rings. The minimum absolute atomic E-state index is 0.0940. The number of nitrogens with one attached hydrogen (secondary N) is 1. The zero-order valence-electron chi connectivity index (χ0n) is 10.2. The summed E-state index contributed by atoms with van der Waals surface area (Å²) in [6.45, 7) is 4.24. The van der Waals surface area contributed by atoms with Crippen LogP contribution in [0.3, 0.4) is 0 Å². The van der Waals surface area contributed by atoms with E-state index in [1.165, 1.54) is 0 Å². The average molecular weight is 254 g/mol. The van der Waals surface area contributed by atoms with Crippen molar-refractivity contribution >= 4 is 18.5 Å². The molecule has 0 saturated heterocycles. The number of amides is 1. The fraction of sp³-hybridized carbons (Fsp3) is 0.667. The maximum atomic E-state index is 11.8. The molecule has 0 unspecified atom stereocenters. The molecule has 1 N–H and O–H groups in total. The van der Waals surface area contributed by atoms with Gasteiger partial charge in [0, 0.05) is 18.5 Å². The normalized spacial score (nSPS) is 16.9. The summed E-state index contributed by atoms with van der Waals surface area (Å²) in [4.78, 5) is 11.8. The van der Waals surface area contributed by atoms with Gasteiger partial charge in [0.15, 0.2) is 0 Å². The molecule has 0 bridgehead atoms. The predicted octanol–water partition coefficient (Wildman–Crippen LogP) is 2.01. The maximum absolute atomic E-state index is 11.8. The first-order valence-electron chi connectivity index (χ1n) is 5.86. The third-order valence-corrected chi connectivity index (χ3v) is 4.14. The quantitative estimate of drug-likeness (QED) is 0.790. The van der Waals surface area contributed by atoms with Crippen LogP contribution in [-0.4, -0.2) is 16.8 Å². The molecular formula is C12H18N2O2S. The van der Waals surface area contributed by atoms with Gasteiger partial charge in [-0.15, -0.1) is 0 Å². The van der Waals surface area contributed by atoms with Gasteiger partial charge in [-0.2, -0.15) is 12.6 Å². The maximum Gasteiger partial charge on any atom is 0.220 e. The summed E-state index contributed by atoms with van der Waals surface area (Å²) < 4.78 is 5.05. The highest BCUT2D eigenvalue weighted by Crippen LogP contribution is 2.49. The Hall–Kier alpha value is -0.970. The first kappa shape index (κ1) is 12.5. The average Bonchev–Trinajstić information content (AvgIpc) is 2.99. The van der Waals surface area contributed by atoms with Crippen LogP contribution >= 0.6 is 12.6 Å². The molecule has 0 aromatic carbocycles. The molecular weight excluding hydrogens is 236 g/mol. The number of carbonyl (C=O) groups is 1. The van der Waals surface area contributed by atoms with Crippen LogP contribution in [0.1, 0.15) is 36.3 Å². The van der Waals surface area contributed by atoms with Crippen LogP contribution in [0.2, 0.25) is 0 Å². The van der Waals surface area contributed by atoms with E-state index in [1.807, 2.05) is 13.8 Å². The second-order valence-electron chi connectivity index (χ2n) is 4.91. The Balaban J connectivity index is 1.84. The van der Waals surface area contributed by atoms with E-state index >= 15 is 0 Å². The largest absolute Gasteiger partial charge is 0.361 e. The van der Waals surface area contributed by atoms with Crippen molar-refractivity contribution in [2.75, 3.05) is 5.75 Å². The molecule has 17 heavy (non-hydrogen) atoms. The lowest BCUT2D eigenvalue weighted by molar-refractivity contribution is -0.122. The first-order chi connectivity index (χ1) is 8.06. The van der Waals surface area contributed by atoms with Crippen molar-refractivity contribution < 1.29 is 9.32 Å². The van der Waals surface area contributed by atoms with Gasteiger partial charge in [0.05, 0.1) is 5.69 Å². The molecule has 0 aliphatic heterocycles. The Labute approximate surface area is 107 Å². The van der Waals surface area contributed by atoms with Gasteiger partial charge >= 0.3 is 0 Å². The molecule has 1 aliphatic carbocycles. The minimum atomic E-state index is 0.0940. The van der Waals surface area contributed by atoms with Crippen LogP contribution < -0.4 is 5.32 Å². The van der Waals surface area contributed by atoms with Crippen LogP contribution in [-0.2, 0) is 11.3 Å². The molecule has 1 saturated carbocycles. The SMILES string of the molecule is Cc1noc(C)c1CNC(=O)CC1(CS)CC1. The van der Waals surface area contributed by atoms with Crippen molar-refractivity contribution in [1.29, 1.82) is 0 Å². The fourth-order valence-electron chi connectivity index (χ4n) is 1.91. The zero-order chi connectivity index (χ0) is 12.5. The molecule has 0 radical (unpaired) electrons. The summed E-state index contributed by atoms with van der Waals surface area (Å²) >= 11 is 4.29. The van der Waals surface area contributed by atoms with E-state index in [2.05, 4.69) is 23.1 Å². The molecule has 1 aliphatic rings. The van der Waals surface area contributed by atoms with Crippen LogP contribution in [0.5, 0.6) is 0 Å². The van der Waals surface area contributed by atoms with E-state index in [4.69, 9.17) is 4.52 Å². The lowest BCUT2D eigenvalue weighted by Crippen LogP contribution is -2.26. The summed E-state index contributed by atoms with van der Waals surface area (Å²) in [7, 11) is 0. The van der Waals surface area contributed by atoms with Gasteiger partial charge in [-0.1, -0.05) is 5.16 Å². The number of hydrogen-bond donors (Lipinski definition) is 2. The zero-order valence-corrected chi connectivity index (χ0v) is 11.1. The van der Waals surface area contributed by atoms with Crippen molar-refractivity contribution in [2.45, 2.75) is 39.7 Å². The standard InChI is InChI=1S/C12H18N2O2S/c1-8-10(9(2)16-14-8)6-13-11(15)5-12(7-17)3-4-12/h17H,3-7H2,1-2H3,(H,13,15). The van der Waals surface area contributed by atoms with E-state index in [0.29, 0.717) is 13.0 Å². The highest BCUT2D eigenvalue weighted by molar-refractivity contribution is 7.80. The second kappa shape index (κ2) is 4.72. The lowest BCUT2D eigenvalue weighted by Gasteiger charge is -2.11. The van der Waals surface area contributed by atoms with Gasteiger partial charge in [-0.3, -0.25) is 4.79 Å². The molecule has 1 amide bonds. The summed E-state index contributed by atoms with van der Waals surface area (Å²) in [5.41, 5.74) is 2.00. The lowest BCUT2D eigenvalue weighted by atomic mass is 10.1. The topological polar surface area (TPSA) is 55.1 Å². The number of rotatable bonds is 5. The third kappa shape index (κ3) is 2.83. The van der Waals surface area contributed by atoms with Crippen molar-refractivity contribution in [1.82, 2.24) is 10.5 Å². The first-order valence-corrected chi connectivity index (χ1v) is 6.49. The van der Waals surface area contributed by atoms with Crippen molar-refractivity contribution in [3.05, 3.63) is 17.0 Å². The van der Waals surface area contributed by atoms with Crippen molar-refractivity contribution in [3.8, 4) is 0 Å². The second-order valence-corrected chi connectivity index (χ2v) is 5.23. The van der Waals surface area contributed by atoms with Gasteiger partial charge in [0.1, 0.15) is 5.76 Å². The predicted molar refractivity (Wildman–Crippen MR) is 68.0 cm³/mol. The molecule has 0 atom stereocenters. The van der Waals surface area contributed by atoms with Crippen LogP contribution in [0.25, 0.3) is 0 Å². The minimum Gasteiger partial charge on any atom is -0.361 e. The highest BCUT2D eigenvalue weighted by Gasteiger charge is 2.42. The molecule has 2 rings (SSSR count). The van der Waals surface area contributed by atoms with E-state index in [0.717, 1.165) is 35.6 Å². The van der Waals surface area contributed by atoms with Crippen LogP contribution in [0.4, 0.5) is 0 Å². The monoisotopic (exact) mass is 254 g/mol. The van der Waals surface area contributed by atoms with Crippen LogP contribution in [0.15, 0.2) is 4.52 Å². The molecule has 1 aromatic heterocycles. The summed E-state index contributed by atoms with van der Waals surface area (Å²) in [5.74, 6) is 1.67. The van der Waals surface area contributed by atoms with Gasteiger partial charge in [0.2, 0.25) is 5.91 Å². The van der Waals surface area contributed by atoms with Gasteiger partial charge < -0.3 is 9.84 Å². The number of thiol groups is 1. The van der Waals surface area contributed by atoms with E-state index in [1.54, 1.807) is 0 Å². The Morgan fingerprint density at radius 2 is 2.24 bits per heavy atom. The van der Waals surface area contributed by atoms with E-state index in [-0.39, 0.29) is 11.3 Å². The number of aryl methyl sites for hydroxylation is 2. The molecule has 1 heterocycles. The summed E-state index contributed by atoms with van der Waals surface area (Å²) in [6, 6.07) is 0. The van der Waals surface area contributed by atoms with Gasteiger partial charge in [-0.05, 0) is 37.9 Å². The Bertz CT molecular complexity index is 405. The van der Waals surface area contributed by atoms with Crippen LogP contribution in [0, 0.1) is 19.3 Å². The van der Waals surface area contributed by atoms with Crippen molar-refractivity contribution in [2.24, 2.45) is 5.41 Å². The molecule has 1 aromatic rings. The molecule has 0 spiro atoms. The fourth-order valence-corrected chi connectivity index (χ4v) is 2.34.